The van der Waals surface area contributed by atoms with Gasteiger partial charge in [0.2, 0.25) is 5.91 Å². The van der Waals surface area contributed by atoms with Crippen LogP contribution in [0.5, 0.6) is 11.5 Å². The molecule has 0 aliphatic carbocycles. The topological polar surface area (TPSA) is 84.9 Å². The molecule has 0 atom stereocenters. The van der Waals surface area contributed by atoms with Gasteiger partial charge in [0.05, 0.1) is 10.9 Å². The van der Waals surface area contributed by atoms with Crippen molar-refractivity contribution in [2.24, 2.45) is 0 Å². The predicted octanol–water partition coefficient (Wildman–Crippen LogP) is 2.02. The van der Waals surface area contributed by atoms with Crippen molar-refractivity contribution >= 4 is 33.5 Å². The highest BCUT2D eigenvalue weighted by Gasteiger charge is 2.17. The second-order valence-electron chi connectivity index (χ2n) is 3.92. The molecule has 0 fully saturated rings. The first kappa shape index (κ1) is 13.7. The van der Waals surface area contributed by atoms with Crippen LogP contribution in [-0.2, 0) is 9.59 Å². The average molecular weight is 330 g/mol. The van der Waals surface area contributed by atoms with Gasteiger partial charge in [0.15, 0.2) is 11.5 Å². The number of nitrogens with one attached hydrogen (secondary N) is 1. The maximum absolute atomic E-state index is 11.5. The van der Waals surface area contributed by atoms with Gasteiger partial charge < -0.3 is 19.9 Å². The molecule has 19 heavy (non-hydrogen) atoms. The van der Waals surface area contributed by atoms with E-state index >= 15 is 0 Å². The molecule has 6 nitrogen and oxygen atoms in total. The highest BCUT2D eigenvalue weighted by Crippen LogP contribution is 2.40. The van der Waals surface area contributed by atoms with E-state index in [1.54, 1.807) is 12.1 Å². The van der Waals surface area contributed by atoms with Crippen molar-refractivity contribution in [1.82, 2.24) is 0 Å². The summed E-state index contributed by atoms with van der Waals surface area (Å²) in [6.45, 7) is 0.936. The van der Waals surface area contributed by atoms with Crippen LogP contribution in [0.2, 0.25) is 0 Å². The van der Waals surface area contributed by atoms with Crippen molar-refractivity contribution < 1.29 is 24.2 Å². The maximum atomic E-state index is 11.5. The molecular formula is C12H12BrNO5. The molecule has 1 aliphatic heterocycles. The number of carboxylic acid groups (broad SMARTS) is 1. The number of carbonyl (C=O) groups excluding carboxylic acids is 1. The van der Waals surface area contributed by atoms with Crippen LogP contribution < -0.4 is 14.8 Å². The van der Waals surface area contributed by atoms with E-state index in [0.717, 1.165) is 0 Å². The van der Waals surface area contributed by atoms with Crippen LogP contribution in [0.1, 0.15) is 12.8 Å². The summed E-state index contributed by atoms with van der Waals surface area (Å²) >= 11 is 3.33. The van der Waals surface area contributed by atoms with Gasteiger partial charge in [-0.05, 0) is 22.0 Å². The molecule has 7 heteroatoms. The summed E-state index contributed by atoms with van der Waals surface area (Å²) in [6.07, 6.45) is -0.265. The number of anilines is 1. The van der Waals surface area contributed by atoms with E-state index in [2.05, 4.69) is 21.2 Å². The molecule has 1 amide bonds. The average Bonchev–Trinajstić information content (AvgIpc) is 2.36. The largest absolute Gasteiger partial charge is 0.486 e. The summed E-state index contributed by atoms with van der Waals surface area (Å²) in [5, 5.41) is 11.1. The van der Waals surface area contributed by atoms with E-state index in [-0.39, 0.29) is 18.7 Å². The van der Waals surface area contributed by atoms with E-state index in [1.807, 2.05) is 0 Å². The number of aliphatic carboxylic acids is 1. The number of benzene rings is 1. The fraction of sp³-hybridized carbons (Fsp3) is 0.333. The Morgan fingerprint density at radius 1 is 1.26 bits per heavy atom. The number of carboxylic acids is 1. The van der Waals surface area contributed by atoms with Crippen molar-refractivity contribution in [2.75, 3.05) is 18.5 Å². The van der Waals surface area contributed by atoms with Crippen molar-refractivity contribution in [2.45, 2.75) is 12.8 Å². The Labute approximate surface area is 117 Å². The first-order valence-corrected chi connectivity index (χ1v) is 6.46. The van der Waals surface area contributed by atoms with Crippen molar-refractivity contribution in [3.8, 4) is 11.5 Å². The number of amides is 1. The predicted molar refractivity (Wildman–Crippen MR) is 70.6 cm³/mol. The summed E-state index contributed by atoms with van der Waals surface area (Å²) in [5.41, 5.74) is 0.534. The molecule has 102 valence electrons. The van der Waals surface area contributed by atoms with Crippen LogP contribution >= 0.6 is 15.9 Å². The molecule has 0 saturated heterocycles. The molecular weight excluding hydrogens is 318 g/mol. The number of ether oxygens (including phenoxy) is 2. The molecule has 2 N–H and O–H groups in total. The Bertz CT molecular complexity index is 517. The molecule has 0 saturated carbocycles. The molecule has 2 rings (SSSR count). The highest BCUT2D eigenvalue weighted by atomic mass is 79.9. The van der Waals surface area contributed by atoms with Gasteiger partial charge in [-0.1, -0.05) is 0 Å². The Kier molecular flexibility index (Phi) is 4.26. The minimum atomic E-state index is -1.00. The Hall–Kier alpha value is -1.76. The molecule has 0 aromatic heterocycles. The first-order valence-electron chi connectivity index (χ1n) is 5.67. The van der Waals surface area contributed by atoms with Gasteiger partial charge in [-0.2, -0.15) is 0 Å². The third kappa shape index (κ3) is 3.60. The second kappa shape index (κ2) is 5.92. The highest BCUT2D eigenvalue weighted by molar-refractivity contribution is 9.10. The minimum absolute atomic E-state index is 0.0681. The van der Waals surface area contributed by atoms with Gasteiger partial charge in [-0.15, -0.1) is 0 Å². The number of rotatable bonds is 4. The van der Waals surface area contributed by atoms with E-state index in [1.165, 1.54) is 0 Å². The lowest BCUT2D eigenvalue weighted by Gasteiger charge is -2.20. The van der Waals surface area contributed by atoms with E-state index in [9.17, 15) is 9.59 Å². The quantitative estimate of drug-likeness (QED) is 0.882. The van der Waals surface area contributed by atoms with Gasteiger partial charge >= 0.3 is 5.97 Å². The fourth-order valence-electron chi connectivity index (χ4n) is 1.63. The molecule has 0 bridgehead atoms. The van der Waals surface area contributed by atoms with Gasteiger partial charge in [-0.25, -0.2) is 0 Å². The summed E-state index contributed by atoms with van der Waals surface area (Å²) in [6, 6.07) is 3.34. The summed E-state index contributed by atoms with van der Waals surface area (Å²) in [4.78, 5) is 21.9. The minimum Gasteiger partial charge on any atom is -0.486 e. The summed E-state index contributed by atoms with van der Waals surface area (Å²) in [7, 11) is 0. The standard InChI is InChI=1S/C12H12BrNO5/c13-8-5-7(14-10(15)1-2-11(16)17)6-9-12(8)19-4-3-18-9/h5-6H,1-4H2,(H,14,15)(H,16,17). The van der Waals surface area contributed by atoms with Gasteiger partial charge in [0.25, 0.3) is 0 Å². The summed E-state index contributed by atoms with van der Waals surface area (Å²) < 4.78 is 11.5. The Balaban J connectivity index is 2.07. The number of halogens is 1. The SMILES string of the molecule is O=C(O)CCC(=O)Nc1cc(Br)c2c(c1)OCCO2. The van der Waals surface area contributed by atoms with Gasteiger partial charge in [-0.3, -0.25) is 9.59 Å². The zero-order chi connectivity index (χ0) is 13.8. The van der Waals surface area contributed by atoms with Gasteiger partial charge in [0.1, 0.15) is 13.2 Å². The lowest BCUT2D eigenvalue weighted by Crippen LogP contribution is -2.17. The molecule has 1 aromatic carbocycles. The van der Waals surface area contributed by atoms with E-state index in [4.69, 9.17) is 14.6 Å². The van der Waals surface area contributed by atoms with Crippen molar-refractivity contribution in [3.63, 3.8) is 0 Å². The Morgan fingerprint density at radius 3 is 2.74 bits per heavy atom. The number of carbonyl (C=O) groups is 2. The van der Waals surface area contributed by atoms with Crippen LogP contribution in [0, 0.1) is 0 Å². The molecule has 1 aliphatic rings. The smallest absolute Gasteiger partial charge is 0.303 e. The Morgan fingerprint density at radius 2 is 2.00 bits per heavy atom. The van der Waals surface area contributed by atoms with Crippen LogP contribution in [0.4, 0.5) is 5.69 Å². The normalized spacial score (nSPS) is 12.9. The molecule has 1 heterocycles. The van der Waals surface area contributed by atoms with E-state index in [0.29, 0.717) is 34.9 Å². The third-order valence-corrected chi connectivity index (χ3v) is 3.04. The lowest BCUT2D eigenvalue weighted by atomic mass is 10.2. The van der Waals surface area contributed by atoms with Crippen molar-refractivity contribution in [3.05, 3.63) is 16.6 Å². The third-order valence-electron chi connectivity index (χ3n) is 2.45. The number of fused-ring (bicyclic) bond motifs is 1. The van der Waals surface area contributed by atoms with Gasteiger partial charge in [0, 0.05) is 18.2 Å². The zero-order valence-electron chi connectivity index (χ0n) is 9.94. The summed E-state index contributed by atoms with van der Waals surface area (Å²) in [5.74, 6) is -0.201. The number of hydrogen-bond acceptors (Lipinski definition) is 4. The van der Waals surface area contributed by atoms with Crippen LogP contribution in [0.15, 0.2) is 16.6 Å². The second-order valence-corrected chi connectivity index (χ2v) is 4.78. The monoisotopic (exact) mass is 329 g/mol. The fourth-order valence-corrected chi connectivity index (χ4v) is 2.18. The zero-order valence-corrected chi connectivity index (χ0v) is 11.5. The molecule has 0 spiro atoms. The molecule has 0 unspecified atom stereocenters. The van der Waals surface area contributed by atoms with Crippen LogP contribution in [0.3, 0.4) is 0 Å². The van der Waals surface area contributed by atoms with Crippen LogP contribution in [0.25, 0.3) is 0 Å². The molecule has 1 aromatic rings. The van der Waals surface area contributed by atoms with Crippen molar-refractivity contribution in [1.29, 1.82) is 0 Å². The first-order chi connectivity index (χ1) is 9.06. The molecule has 0 radical (unpaired) electrons. The number of hydrogen-bond donors (Lipinski definition) is 2. The van der Waals surface area contributed by atoms with E-state index < -0.39 is 5.97 Å². The maximum Gasteiger partial charge on any atom is 0.303 e. The lowest BCUT2D eigenvalue weighted by molar-refractivity contribution is -0.138. The van der Waals surface area contributed by atoms with Crippen LogP contribution in [-0.4, -0.2) is 30.2 Å².